The first kappa shape index (κ1) is 18.3. The van der Waals surface area contributed by atoms with E-state index in [1.165, 1.54) is 6.42 Å². The molecule has 0 aromatic heterocycles. The molecular formula is C23H34O4. The molecule has 4 nitrogen and oxygen atoms in total. The lowest BCUT2D eigenvalue weighted by Crippen LogP contribution is -2.58. The molecular weight excluding hydrogens is 340 g/mol. The highest BCUT2D eigenvalue weighted by atomic mass is 16.7. The van der Waals surface area contributed by atoms with Gasteiger partial charge in [0.05, 0.1) is 13.2 Å². The van der Waals surface area contributed by atoms with Gasteiger partial charge in [-0.25, -0.2) is 0 Å². The molecule has 0 N–H and O–H groups in total. The minimum absolute atomic E-state index is 0.00891. The van der Waals surface area contributed by atoms with Crippen LogP contribution in [0.3, 0.4) is 0 Å². The van der Waals surface area contributed by atoms with Gasteiger partial charge >= 0.3 is 0 Å². The van der Waals surface area contributed by atoms with Crippen molar-refractivity contribution in [2.45, 2.75) is 77.9 Å². The summed E-state index contributed by atoms with van der Waals surface area (Å²) >= 11 is 0. The Morgan fingerprint density at radius 3 is 2.41 bits per heavy atom. The van der Waals surface area contributed by atoms with E-state index in [-0.39, 0.29) is 16.7 Å². The second-order valence-electron chi connectivity index (χ2n) is 10.8. The summed E-state index contributed by atoms with van der Waals surface area (Å²) in [4.78, 5) is 25.7. The zero-order valence-corrected chi connectivity index (χ0v) is 17.1. The summed E-state index contributed by atoms with van der Waals surface area (Å²) in [7, 11) is 0. The van der Waals surface area contributed by atoms with E-state index in [1.807, 2.05) is 0 Å². The molecule has 5 rings (SSSR count). The van der Waals surface area contributed by atoms with Crippen molar-refractivity contribution in [1.82, 2.24) is 0 Å². The Labute approximate surface area is 162 Å². The second kappa shape index (κ2) is 5.89. The third-order valence-electron chi connectivity index (χ3n) is 9.66. The van der Waals surface area contributed by atoms with E-state index in [1.54, 1.807) is 0 Å². The van der Waals surface area contributed by atoms with Crippen LogP contribution in [-0.2, 0) is 19.1 Å². The number of carbonyl (C=O) groups excluding carboxylic acids is 2. The molecule has 0 amide bonds. The maximum atomic E-state index is 13.6. The summed E-state index contributed by atoms with van der Waals surface area (Å²) < 4.78 is 12.1. The summed E-state index contributed by atoms with van der Waals surface area (Å²) in [5.74, 6) is 2.33. The highest BCUT2D eigenvalue weighted by Gasteiger charge is 2.66. The van der Waals surface area contributed by atoms with Crippen LogP contribution in [0.15, 0.2) is 0 Å². The minimum Gasteiger partial charge on any atom is -0.348 e. The van der Waals surface area contributed by atoms with Gasteiger partial charge in [-0.05, 0) is 67.6 Å². The van der Waals surface area contributed by atoms with Crippen LogP contribution in [0.1, 0.15) is 72.1 Å². The van der Waals surface area contributed by atoms with E-state index in [9.17, 15) is 9.59 Å². The van der Waals surface area contributed by atoms with Crippen LogP contribution >= 0.6 is 0 Å². The Hall–Kier alpha value is -0.740. The molecule has 0 spiro atoms. The molecule has 4 saturated carbocycles. The summed E-state index contributed by atoms with van der Waals surface area (Å²) in [5.41, 5.74) is 0.0304. The first-order valence-corrected chi connectivity index (χ1v) is 11.1. The van der Waals surface area contributed by atoms with Gasteiger partial charge in [-0.3, -0.25) is 9.59 Å². The topological polar surface area (TPSA) is 52.6 Å². The Morgan fingerprint density at radius 2 is 1.67 bits per heavy atom. The van der Waals surface area contributed by atoms with Crippen molar-refractivity contribution in [1.29, 1.82) is 0 Å². The van der Waals surface area contributed by atoms with Gasteiger partial charge in [0.1, 0.15) is 11.6 Å². The number of ketones is 2. The van der Waals surface area contributed by atoms with Crippen molar-refractivity contribution in [2.24, 2.45) is 40.4 Å². The minimum atomic E-state index is -0.519. The Morgan fingerprint density at radius 1 is 0.926 bits per heavy atom. The average Bonchev–Trinajstić information content (AvgIpc) is 3.19. The zero-order valence-electron chi connectivity index (χ0n) is 17.1. The van der Waals surface area contributed by atoms with E-state index in [0.717, 1.165) is 25.7 Å². The van der Waals surface area contributed by atoms with Crippen molar-refractivity contribution in [3.05, 3.63) is 0 Å². The monoisotopic (exact) mass is 374 g/mol. The molecule has 1 heterocycles. The number of Topliss-reactive ketones (excluding diaryl/α,β-unsaturated/α-hetero) is 2. The van der Waals surface area contributed by atoms with E-state index < -0.39 is 5.79 Å². The van der Waals surface area contributed by atoms with Gasteiger partial charge in [0.25, 0.3) is 0 Å². The molecule has 4 heteroatoms. The van der Waals surface area contributed by atoms with Crippen LogP contribution in [0.5, 0.6) is 0 Å². The number of hydrogen-bond acceptors (Lipinski definition) is 4. The fourth-order valence-electron chi connectivity index (χ4n) is 8.45. The van der Waals surface area contributed by atoms with Gasteiger partial charge in [0.2, 0.25) is 0 Å². The molecule has 4 aliphatic carbocycles. The number of hydrogen-bond donors (Lipinski definition) is 0. The SMILES string of the molecule is CC1([C@H]2CCC3[C@@H]4CCC5CC(=O)CC[C@]5(C)C4C(=O)C[C@@]32C)OCCO1. The summed E-state index contributed by atoms with van der Waals surface area (Å²) in [6.45, 7) is 8.11. The predicted molar refractivity (Wildman–Crippen MR) is 101 cm³/mol. The van der Waals surface area contributed by atoms with Crippen LogP contribution < -0.4 is 0 Å². The van der Waals surface area contributed by atoms with Crippen molar-refractivity contribution in [3.63, 3.8) is 0 Å². The molecule has 5 fully saturated rings. The van der Waals surface area contributed by atoms with Crippen molar-refractivity contribution < 1.29 is 19.1 Å². The lowest BCUT2D eigenvalue weighted by molar-refractivity contribution is -0.216. The van der Waals surface area contributed by atoms with Gasteiger partial charge in [-0.1, -0.05) is 13.8 Å². The maximum Gasteiger partial charge on any atom is 0.169 e. The van der Waals surface area contributed by atoms with E-state index in [4.69, 9.17) is 9.47 Å². The summed E-state index contributed by atoms with van der Waals surface area (Å²) in [6.07, 6.45) is 7.51. The number of fused-ring (bicyclic) bond motifs is 5. The molecule has 1 saturated heterocycles. The first-order valence-electron chi connectivity index (χ1n) is 11.1. The third-order valence-corrected chi connectivity index (χ3v) is 9.66. The van der Waals surface area contributed by atoms with Gasteiger partial charge in [-0.2, -0.15) is 0 Å². The molecule has 0 bridgehead atoms. The van der Waals surface area contributed by atoms with Crippen LogP contribution in [-0.4, -0.2) is 30.6 Å². The lowest BCUT2D eigenvalue weighted by Gasteiger charge is -2.59. The largest absolute Gasteiger partial charge is 0.348 e. The Kier molecular flexibility index (Phi) is 3.99. The maximum absolute atomic E-state index is 13.6. The van der Waals surface area contributed by atoms with Crippen LogP contribution in [0, 0.1) is 40.4 Å². The Bertz CT molecular complexity index is 665. The molecule has 27 heavy (non-hydrogen) atoms. The number of rotatable bonds is 1. The molecule has 1 aliphatic heterocycles. The van der Waals surface area contributed by atoms with E-state index >= 15 is 0 Å². The lowest BCUT2D eigenvalue weighted by atomic mass is 9.44. The normalized spacial score (nSPS) is 51.6. The highest BCUT2D eigenvalue weighted by molar-refractivity contribution is 5.85. The van der Waals surface area contributed by atoms with E-state index in [2.05, 4.69) is 20.8 Å². The summed E-state index contributed by atoms with van der Waals surface area (Å²) in [5, 5.41) is 0. The second-order valence-corrected chi connectivity index (χ2v) is 10.8. The molecule has 0 radical (unpaired) electrons. The van der Waals surface area contributed by atoms with Gasteiger partial charge in [0, 0.05) is 31.1 Å². The first-order chi connectivity index (χ1) is 12.8. The van der Waals surface area contributed by atoms with Crippen molar-refractivity contribution >= 4 is 11.6 Å². The zero-order chi connectivity index (χ0) is 19.0. The highest BCUT2D eigenvalue weighted by Crippen LogP contribution is 2.67. The molecule has 150 valence electrons. The van der Waals surface area contributed by atoms with Crippen molar-refractivity contribution in [2.75, 3.05) is 13.2 Å². The van der Waals surface area contributed by atoms with Crippen LogP contribution in [0.25, 0.3) is 0 Å². The average molecular weight is 375 g/mol. The van der Waals surface area contributed by atoms with Crippen LogP contribution in [0.4, 0.5) is 0 Å². The molecule has 0 aromatic carbocycles. The molecule has 3 unspecified atom stereocenters. The quantitative estimate of drug-likeness (QED) is 0.692. The number of carbonyl (C=O) groups is 2. The molecule has 7 atom stereocenters. The predicted octanol–water partition coefficient (Wildman–Crippen LogP) is 4.16. The smallest absolute Gasteiger partial charge is 0.169 e. The Balaban J connectivity index is 1.48. The summed E-state index contributed by atoms with van der Waals surface area (Å²) in [6, 6.07) is 0. The van der Waals surface area contributed by atoms with Crippen LogP contribution in [0.2, 0.25) is 0 Å². The van der Waals surface area contributed by atoms with Gasteiger partial charge in [0.15, 0.2) is 5.79 Å². The van der Waals surface area contributed by atoms with E-state index in [0.29, 0.717) is 67.7 Å². The van der Waals surface area contributed by atoms with Gasteiger partial charge in [-0.15, -0.1) is 0 Å². The standard InChI is InChI=1S/C23H34O4/c1-21-9-8-15(24)12-14(21)4-5-16-17-6-7-19(23(3)26-10-11-27-23)22(17,2)13-18(25)20(16)21/h14,16-17,19-20H,4-13H2,1-3H3/t14?,16-,17?,19-,20?,21-,22-/m0/s1. The van der Waals surface area contributed by atoms with Gasteiger partial charge < -0.3 is 9.47 Å². The van der Waals surface area contributed by atoms with Crippen molar-refractivity contribution in [3.8, 4) is 0 Å². The third kappa shape index (κ3) is 2.41. The molecule has 0 aromatic rings. The molecule has 5 aliphatic rings. The fraction of sp³-hybridized carbons (Fsp3) is 0.913. The fourth-order valence-corrected chi connectivity index (χ4v) is 8.45. The number of ether oxygens (including phenoxy) is 2.